The molecular weight excluding hydrogens is 298 g/mol. The van der Waals surface area contributed by atoms with E-state index in [-0.39, 0.29) is 17.6 Å². The second-order valence-electron chi connectivity index (χ2n) is 5.70. The van der Waals surface area contributed by atoms with Crippen LogP contribution < -0.4 is 14.8 Å². The zero-order valence-corrected chi connectivity index (χ0v) is 13.0. The highest BCUT2D eigenvalue weighted by Crippen LogP contribution is 2.39. The van der Waals surface area contributed by atoms with Gasteiger partial charge < -0.3 is 24.3 Å². The summed E-state index contributed by atoms with van der Waals surface area (Å²) in [5.74, 6) is 0.915. The minimum atomic E-state index is -0.738. The SMILES string of the molecule is CC(C)C(O)c1cc2c(cc1NC(=O)c1ccco1)OCCO2. The van der Waals surface area contributed by atoms with Gasteiger partial charge in [-0.1, -0.05) is 13.8 Å². The lowest BCUT2D eigenvalue weighted by atomic mass is 9.96. The first-order chi connectivity index (χ1) is 11.1. The molecule has 3 rings (SSSR count). The van der Waals surface area contributed by atoms with Gasteiger partial charge in [0.05, 0.1) is 18.1 Å². The lowest BCUT2D eigenvalue weighted by Gasteiger charge is -2.24. The molecule has 2 N–H and O–H groups in total. The van der Waals surface area contributed by atoms with Crippen LogP contribution in [0, 0.1) is 5.92 Å². The van der Waals surface area contributed by atoms with Crippen LogP contribution >= 0.6 is 0 Å². The van der Waals surface area contributed by atoms with Crippen molar-refractivity contribution in [3.8, 4) is 11.5 Å². The Morgan fingerprint density at radius 2 is 1.91 bits per heavy atom. The van der Waals surface area contributed by atoms with Crippen molar-refractivity contribution >= 4 is 11.6 Å². The number of rotatable bonds is 4. The fraction of sp³-hybridized carbons (Fsp3) is 0.353. The Bertz CT molecular complexity index is 693. The van der Waals surface area contributed by atoms with Gasteiger partial charge in [-0.25, -0.2) is 0 Å². The molecule has 2 heterocycles. The van der Waals surface area contributed by atoms with Gasteiger partial charge in [-0.3, -0.25) is 4.79 Å². The van der Waals surface area contributed by atoms with E-state index in [2.05, 4.69) is 5.32 Å². The van der Waals surface area contributed by atoms with Gasteiger partial charge in [0.15, 0.2) is 17.3 Å². The maximum Gasteiger partial charge on any atom is 0.291 e. The predicted octanol–water partition coefficient (Wildman–Crippen LogP) is 2.99. The van der Waals surface area contributed by atoms with Crippen LogP contribution in [0.1, 0.15) is 36.1 Å². The van der Waals surface area contributed by atoms with E-state index in [1.165, 1.54) is 6.26 Å². The van der Waals surface area contributed by atoms with Crippen molar-refractivity contribution in [1.82, 2.24) is 0 Å². The van der Waals surface area contributed by atoms with Gasteiger partial charge in [-0.05, 0) is 24.1 Å². The first-order valence-corrected chi connectivity index (χ1v) is 7.52. The molecule has 0 spiro atoms. The lowest BCUT2D eigenvalue weighted by Crippen LogP contribution is -2.19. The third kappa shape index (κ3) is 3.17. The fourth-order valence-corrected chi connectivity index (χ4v) is 2.41. The summed E-state index contributed by atoms with van der Waals surface area (Å²) in [7, 11) is 0. The smallest absolute Gasteiger partial charge is 0.291 e. The molecule has 1 unspecified atom stereocenters. The summed E-state index contributed by atoms with van der Waals surface area (Å²) in [5, 5.41) is 13.2. The number of ether oxygens (including phenoxy) is 2. The molecular formula is C17H19NO5. The second kappa shape index (κ2) is 6.34. The molecule has 6 heteroatoms. The number of amides is 1. The van der Waals surface area contributed by atoms with Crippen LogP contribution in [0.4, 0.5) is 5.69 Å². The standard InChI is InChI=1S/C17H19NO5/c1-10(2)16(19)11-8-14-15(23-7-6-22-14)9-12(11)18-17(20)13-4-3-5-21-13/h3-5,8-10,16,19H,6-7H2,1-2H3,(H,18,20). The molecule has 23 heavy (non-hydrogen) atoms. The number of furan rings is 1. The van der Waals surface area contributed by atoms with Gasteiger partial charge >= 0.3 is 0 Å². The van der Waals surface area contributed by atoms with E-state index < -0.39 is 6.10 Å². The van der Waals surface area contributed by atoms with Gasteiger partial charge in [0.25, 0.3) is 5.91 Å². The highest BCUT2D eigenvalue weighted by atomic mass is 16.6. The number of aliphatic hydroxyl groups is 1. The van der Waals surface area contributed by atoms with Gasteiger partial charge in [0.2, 0.25) is 0 Å². The molecule has 1 atom stereocenters. The van der Waals surface area contributed by atoms with Crippen molar-refractivity contribution < 1.29 is 23.8 Å². The van der Waals surface area contributed by atoms with Crippen LogP contribution in [-0.2, 0) is 0 Å². The summed E-state index contributed by atoms with van der Waals surface area (Å²) in [5.41, 5.74) is 1.07. The van der Waals surface area contributed by atoms with Crippen molar-refractivity contribution in [2.45, 2.75) is 20.0 Å². The third-order valence-electron chi connectivity index (χ3n) is 3.66. The van der Waals surface area contributed by atoms with E-state index >= 15 is 0 Å². The number of nitrogens with one attached hydrogen (secondary N) is 1. The number of aliphatic hydroxyl groups excluding tert-OH is 1. The third-order valence-corrected chi connectivity index (χ3v) is 3.66. The van der Waals surface area contributed by atoms with Crippen molar-refractivity contribution in [2.75, 3.05) is 18.5 Å². The molecule has 1 aliphatic rings. The van der Waals surface area contributed by atoms with Gasteiger partial charge in [0, 0.05) is 11.6 Å². The lowest BCUT2D eigenvalue weighted by molar-refractivity contribution is 0.0995. The molecule has 1 amide bonds. The summed E-state index contributed by atoms with van der Waals surface area (Å²) >= 11 is 0. The van der Waals surface area contributed by atoms with Crippen molar-refractivity contribution in [2.24, 2.45) is 5.92 Å². The minimum Gasteiger partial charge on any atom is -0.486 e. The summed E-state index contributed by atoms with van der Waals surface area (Å²) in [6, 6.07) is 6.61. The summed E-state index contributed by atoms with van der Waals surface area (Å²) in [4.78, 5) is 12.2. The van der Waals surface area contributed by atoms with E-state index in [9.17, 15) is 9.90 Å². The monoisotopic (exact) mass is 317 g/mol. The number of carbonyl (C=O) groups is 1. The number of hydrogen-bond donors (Lipinski definition) is 2. The Hall–Kier alpha value is -2.47. The van der Waals surface area contributed by atoms with E-state index in [1.54, 1.807) is 24.3 Å². The molecule has 0 bridgehead atoms. The Balaban J connectivity index is 1.97. The molecule has 1 aliphatic heterocycles. The van der Waals surface area contributed by atoms with Crippen LogP contribution in [0.2, 0.25) is 0 Å². The van der Waals surface area contributed by atoms with E-state index in [4.69, 9.17) is 13.9 Å². The zero-order valence-electron chi connectivity index (χ0n) is 13.0. The molecule has 0 fully saturated rings. The number of anilines is 1. The van der Waals surface area contributed by atoms with Crippen LogP contribution in [0.15, 0.2) is 34.9 Å². The largest absolute Gasteiger partial charge is 0.486 e. The van der Waals surface area contributed by atoms with E-state index in [0.717, 1.165) is 0 Å². The van der Waals surface area contributed by atoms with Crippen molar-refractivity contribution in [1.29, 1.82) is 0 Å². The molecule has 0 aliphatic carbocycles. The average Bonchev–Trinajstić information content (AvgIpc) is 3.08. The number of carbonyl (C=O) groups excluding carboxylic acids is 1. The fourth-order valence-electron chi connectivity index (χ4n) is 2.41. The molecule has 1 aromatic carbocycles. The molecule has 6 nitrogen and oxygen atoms in total. The first kappa shape index (κ1) is 15.4. The van der Waals surface area contributed by atoms with Crippen molar-refractivity contribution in [3.05, 3.63) is 41.9 Å². The maximum atomic E-state index is 12.2. The summed E-state index contributed by atoms with van der Waals surface area (Å²) in [6.07, 6.45) is 0.695. The highest BCUT2D eigenvalue weighted by molar-refractivity contribution is 6.02. The van der Waals surface area contributed by atoms with Crippen molar-refractivity contribution in [3.63, 3.8) is 0 Å². The van der Waals surface area contributed by atoms with Gasteiger partial charge in [-0.15, -0.1) is 0 Å². The van der Waals surface area contributed by atoms with E-state index in [0.29, 0.717) is 36.0 Å². The molecule has 1 aromatic heterocycles. The Labute approximate surface area is 134 Å². The number of benzene rings is 1. The van der Waals surface area contributed by atoms with Gasteiger partial charge in [0.1, 0.15) is 13.2 Å². The predicted molar refractivity (Wildman–Crippen MR) is 83.9 cm³/mol. The van der Waals surface area contributed by atoms with Crippen LogP contribution in [0.5, 0.6) is 11.5 Å². The molecule has 122 valence electrons. The van der Waals surface area contributed by atoms with Crippen LogP contribution in [0.25, 0.3) is 0 Å². The molecule has 0 saturated heterocycles. The quantitative estimate of drug-likeness (QED) is 0.906. The Morgan fingerprint density at radius 1 is 1.22 bits per heavy atom. The summed E-state index contributed by atoms with van der Waals surface area (Å²) < 4.78 is 16.2. The Morgan fingerprint density at radius 3 is 2.52 bits per heavy atom. The normalized spacial score (nSPS) is 14.6. The van der Waals surface area contributed by atoms with Gasteiger partial charge in [-0.2, -0.15) is 0 Å². The Kier molecular flexibility index (Phi) is 4.25. The van der Waals surface area contributed by atoms with Crippen LogP contribution in [-0.4, -0.2) is 24.2 Å². The number of hydrogen-bond acceptors (Lipinski definition) is 5. The minimum absolute atomic E-state index is 0.0168. The molecule has 2 aromatic rings. The average molecular weight is 317 g/mol. The summed E-state index contributed by atoms with van der Waals surface area (Å²) in [6.45, 7) is 4.71. The zero-order chi connectivity index (χ0) is 16.4. The van der Waals surface area contributed by atoms with E-state index in [1.807, 2.05) is 13.8 Å². The van der Waals surface area contributed by atoms with Crippen LogP contribution in [0.3, 0.4) is 0 Å². The molecule has 0 saturated carbocycles. The molecule has 0 radical (unpaired) electrons. The number of fused-ring (bicyclic) bond motifs is 1. The maximum absolute atomic E-state index is 12.2. The highest BCUT2D eigenvalue weighted by Gasteiger charge is 2.23. The first-order valence-electron chi connectivity index (χ1n) is 7.52. The topological polar surface area (TPSA) is 80.9 Å². The second-order valence-corrected chi connectivity index (χ2v) is 5.70.